The van der Waals surface area contributed by atoms with Gasteiger partial charge in [-0.25, -0.2) is 14.6 Å². The molecule has 3 aromatic heterocycles. The van der Waals surface area contributed by atoms with Crippen molar-refractivity contribution in [3.8, 4) is 11.3 Å². The second-order valence-electron chi connectivity index (χ2n) is 9.07. The summed E-state index contributed by atoms with van der Waals surface area (Å²) in [6.45, 7) is 5.55. The maximum Gasteiger partial charge on any atom is 0.292 e. The molecule has 4 heterocycles. The smallest absolute Gasteiger partial charge is 0.292 e. The molecule has 4 aromatic rings. The molecular formula is C25H32N8O4. The molecule has 1 saturated heterocycles. The third-order valence-corrected chi connectivity index (χ3v) is 6.54. The molecular weight excluding hydrogens is 476 g/mol. The first kappa shape index (κ1) is 24.9. The number of hydrogen-bond acceptors (Lipinski definition) is 10. The summed E-state index contributed by atoms with van der Waals surface area (Å²) in [4.78, 5) is 27.5. The van der Waals surface area contributed by atoms with E-state index in [-0.39, 0.29) is 18.0 Å². The van der Waals surface area contributed by atoms with E-state index in [0.717, 1.165) is 31.4 Å². The van der Waals surface area contributed by atoms with Crippen LogP contribution in [0.1, 0.15) is 38.6 Å². The third-order valence-electron chi connectivity index (χ3n) is 6.54. The zero-order valence-corrected chi connectivity index (χ0v) is 20.9. The summed E-state index contributed by atoms with van der Waals surface area (Å²) in [5.41, 5.74) is 15.4. The molecule has 0 aliphatic carbocycles. The highest BCUT2D eigenvalue weighted by Crippen LogP contribution is 2.35. The van der Waals surface area contributed by atoms with Gasteiger partial charge in [-0.1, -0.05) is 6.92 Å². The van der Waals surface area contributed by atoms with E-state index in [1.807, 2.05) is 27.8 Å². The standard InChI is InChI=1S/C25H32N8O4/c1-2-10-35-12-13-36-11-7-20(34)32-8-5-17(6-9-32)33-24-21(23(26)28-15-29-24)22(31-33)16-3-4-19-18(14-16)30-25(27)37-19/h3-4,14-15,17H,2,5-13H2,1H3,(H2,27,30)(H2,26,28,29). The summed E-state index contributed by atoms with van der Waals surface area (Å²) < 4.78 is 18.2. The first-order valence-electron chi connectivity index (χ1n) is 12.6. The minimum Gasteiger partial charge on any atom is -0.424 e. The molecule has 1 fully saturated rings. The molecule has 0 saturated carbocycles. The average molecular weight is 509 g/mol. The molecule has 5 rings (SSSR count). The van der Waals surface area contributed by atoms with Gasteiger partial charge in [0, 0.05) is 25.3 Å². The molecule has 37 heavy (non-hydrogen) atoms. The van der Waals surface area contributed by atoms with Crippen molar-refractivity contribution < 1.29 is 18.7 Å². The van der Waals surface area contributed by atoms with Crippen molar-refractivity contribution in [2.24, 2.45) is 0 Å². The minimum atomic E-state index is 0.0768. The normalized spacial score (nSPS) is 14.7. The Kier molecular flexibility index (Phi) is 7.47. The van der Waals surface area contributed by atoms with Crippen LogP contribution in [0.5, 0.6) is 0 Å². The van der Waals surface area contributed by atoms with E-state index in [9.17, 15) is 4.79 Å². The Morgan fingerprint density at radius 2 is 1.89 bits per heavy atom. The number of nitrogens with two attached hydrogens (primary N) is 2. The van der Waals surface area contributed by atoms with E-state index in [0.29, 0.717) is 73.0 Å². The van der Waals surface area contributed by atoms with Gasteiger partial charge in [-0.2, -0.15) is 10.1 Å². The van der Waals surface area contributed by atoms with Crippen LogP contribution < -0.4 is 11.5 Å². The van der Waals surface area contributed by atoms with Gasteiger partial charge < -0.3 is 30.3 Å². The molecule has 0 spiro atoms. The Hall–Kier alpha value is -3.77. The summed E-state index contributed by atoms with van der Waals surface area (Å²) in [6, 6.07) is 5.76. The number of ether oxygens (including phenoxy) is 2. The fraction of sp³-hybridized carbons (Fsp3) is 0.480. The largest absolute Gasteiger partial charge is 0.424 e. The molecule has 0 bridgehead atoms. The first-order valence-corrected chi connectivity index (χ1v) is 12.6. The zero-order valence-electron chi connectivity index (χ0n) is 20.9. The van der Waals surface area contributed by atoms with Crippen LogP contribution in [0.25, 0.3) is 33.4 Å². The Bertz CT molecular complexity index is 1380. The molecule has 1 amide bonds. The van der Waals surface area contributed by atoms with E-state index in [2.05, 4.69) is 21.9 Å². The van der Waals surface area contributed by atoms with Crippen LogP contribution in [-0.2, 0) is 14.3 Å². The fourth-order valence-electron chi connectivity index (χ4n) is 4.69. The number of aromatic nitrogens is 5. The number of hydrogen-bond donors (Lipinski definition) is 2. The maximum absolute atomic E-state index is 12.7. The number of anilines is 2. The predicted molar refractivity (Wildman–Crippen MR) is 139 cm³/mol. The zero-order chi connectivity index (χ0) is 25.8. The highest BCUT2D eigenvalue weighted by atomic mass is 16.5. The first-order chi connectivity index (χ1) is 18.0. The Labute approximate surface area is 213 Å². The second-order valence-corrected chi connectivity index (χ2v) is 9.07. The van der Waals surface area contributed by atoms with Crippen LogP contribution in [0.2, 0.25) is 0 Å². The Morgan fingerprint density at radius 3 is 2.68 bits per heavy atom. The predicted octanol–water partition coefficient (Wildman–Crippen LogP) is 2.80. The van der Waals surface area contributed by atoms with Gasteiger partial charge in [-0.3, -0.25) is 4.79 Å². The number of carbonyl (C=O) groups is 1. The van der Waals surface area contributed by atoms with Crippen molar-refractivity contribution in [3.05, 3.63) is 24.5 Å². The monoisotopic (exact) mass is 508 g/mol. The van der Waals surface area contributed by atoms with Crippen molar-refractivity contribution in [1.29, 1.82) is 0 Å². The van der Waals surface area contributed by atoms with Crippen molar-refractivity contribution in [2.75, 3.05) is 51.0 Å². The SMILES string of the molecule is CCCOCCOCCC(=O)N1CCC(n2nc(-c3ccc4oc(N)nc4c3)c3c(N)ncnc32)CC1. The van der Waals surface area contributed by atoms with E-state index in [1.165, 1.54) is 6.33 Å². The number of likely N-dealkylation sites (tertiary alicyclic amines) is 1. The highest BCUT2D eigenvalue weighted by Gasteiger charge is 2.28. The molecule has 196 valence electrons. The van der Waals surface area contributed by atoms with Crippen molar-refractivity contribution in [2.45, 2.75) is 38.6 Å². The number of piperidine rings is 1. The summed E-state index contributed by atoms with van der Waals surface area (Å²) in [5, 5.41) is 5.62. The maximum atomic E-state index is 12.7. The summed E-state index contributed by atoms with van der Waals surface area (Å²) in [7, 11) is 0. The van der Waals surface area contributed by atoms with Crippen LogP contribution in [-0.4, -0.2) is 75.1 Å². The minimum absolute atomic E-state index is 0.0768. The summed E-state index contributed by atoms with van der Waals surface area (Å²) in [6.07, 6.45) is 4.32. The van der Waals surface area contributed by atoms with Crippen molar-refractivity contribution in [1.82, 2.24) is 29.6 Å². The van der Waals surface area contributed by atoms with E-state index in [1.54, 1.807) is 0 Å². The molecule has 1 aliphatic rings. The van der Waals surface area contributed by atoms with Gasteiger partial charge in [0.2, 0.25) is 5.91 Å². The van der Waals surface area contributed by atoms with Crippen LogP contribution in [0.4, 0.5) is 11.8 Å². The molecule has 0 radical (unpaired) electrons. The quantitative estimate of drug-likeness (QED) is 0.305. The van der Waals surface area contributed by atoms with Gasteiger partial charge >= 0.3 is 0 Å². The van der Waals surface area contributed by atoms with Crippen molar-refractivity contribution in [3.63, 3.8) is 0 Å². The molecule has 1 aliphatic heterocycles. The van der Waals surface area contributed by atoms with Gasteiger partial charge in [-0.15, -0.1) is 0 Å². The lowest BCUT2D eigenvalue weighted by Crippen LogP contribution is -2.39. The summed E-state index contributed by atoms with van der Waals surface area (Å²) in [5.74, 6) is 0.462. The van der Waals surface area contributed by atoms with Gasteiger partial charge in [0.1, 0.15) is 23.4 Å². The third kappa shape index (κ3) is 5.35. The van der Waals surface area contributed by atoms with Crippen LogP contribution in [0, 0.1) is 0 Å². The van der Waals surface area contributed by atoms with Crippen molar-refractivity contribution >= 4 is 39.9 Å². The second kappa shape index (κ2) is 11.1. The van der Waals surface area contributed by atoms with E-state index in [4.69, 9.17) is 30.5 Å². The summed E-state index contributed by atoms with van der Waals surface area (Å²) >= 11 is 0. The lowest BCUT2D eigenvalue weighted by Gasteiger charge is -2.32. The lowest BCUT2D eigenvalue weighted by molar-refractivity contribution is -0.133. The topological polar surface area (TPSA) is 160 Å². The number of fused-ring (bicyclic) bond motifs is 2. The van der Waals surface area contributed by atoms with Gasteiger partial charge in [0.25, 0.3) is 6.01 Å². The van der Waals surface area contributed by atoms with E-state index >= 15 is 0 Å². The van der Waals surface area contributed by atoms with Gasteiger partial charge in [0.05, 0.1) is 37.7 Å². The number of nitrogens with zero attached hydrogens (tertiary/aromatic N) is 6. The number of nitrogen functional groups attached to an aromatic ring is 2. The molecule has 0 unspecified atom stereocenters. The van der Waals surface area contributed by atoms with Gasteiger partial charge in [0.15, 0.2) is 11.2 Å². The van der Waals surface area contributed by atoms with E-state index < -0.39 is 0 Å². The lowest BCUT2D eigenvalue weighted by atomic mass is 10.0. The number of carbonyl (C=O) groups excluding carboxylic acids is 1. The van der Waals surface area contributed by atoms with Crippen LogP contribution in [0.3, 0.4) is 0 Å². The molecule has 1 aromatic carbocycles. The molecule has 12 heteroatoms. The Balaban J connectivity index is 1.27. The van der Waals surface area contributed by atoms with Crippen LogP contribution in [0.15, 0.2) is 28.9 Å². The molecule has 0 atom stereocenters. The average Bonchev–Trinajstić information content (AvgIpc) is 3.48. The molecule has 12 nitrogen and oxygen atoms in total. The Morgan fingerprint density at radius 1 is 1.11 bits per heavy atom. The fourth-order valence-corrected chi connectivity index (χ4v) is 4.69. The van der Waals surface area contributed by atoms with Gasteiger partial charge in [-0.05, 0) is 37.5 Å². The number of benzene rings is 1. The number of oxazole rings is 1. The highest BCUT2D eigenvalue weighted by molar-refractivity contribution is 5.99. The van der Waals surface area contributed by atoms with Crippen LogP contribution >= 0.6 is 0 Å². The number of rotatable bonds is 10. The number of amides is 1. The molecule has 4 N–H and O–H groups in total.